The maximum atomic E-state index is 2.26. The molecule has 0 saturated heterocycles. The van der Waals surface area contributed by atoms with E-state index in [0.717, 1.165) is 0 Å². The number of hydrogen-bond acceptors (Lipinski definition) is 2. The van der Waals surface area contributed by atoms with Crippen molar-refractivity contribution in [2.45, 2.75) is 32.4 Å². The van der Waals surface area contributed by atoms with Gasteiger partial charge in [0, 0.05) is 9.83 Å². The fourth-order valence-corrected chi connectivity index (χ4v) is 2.72. The highest BCUT2D eigenvalue weighted by Crippen LogP contribution is 2.26. The molecule has 0 aromatic heterocycles. The quantitative estimate of drug-likeness (QED) is 0.464. The maximum Gasteiger partial charge on any atom is 0.0397 e. The first-order valence-electron chi connectivity index (χ1n) is 3.28. The van der Waals surface area contributed by atoms with E-state index in [-0.39, 0.29) is 0 Å². The van der Waals surface area contributed by atoms with Crippen molar-refractivity contribution in [2.24, 2.45) is 0 Å². The van der Waals surface area contributed by atoms with Gasteiger partial charge >= 0.3 is 0 Å². The highest BCUT2D eigenvalue weighted by molar-refractivity contribution is 8.16. The van der Waals surface area contributed by atoms with Gasteiger partial charge in [0.05, 0.1) is 0 Å². The topological polar surface area (TPSA) is 0 Å². The summed E-state index contributed by atoms with van der Waals surface area (Å²) in [7, 11) is 0. The Kier molecular flexibility index (Phi) is 4.86. The summed E-state index contributed by atoms with van der Waals surface area (Å²) in [4.78, 5) is 0. The van der Waals surface area contributed by atoms with Crippen LogP contribution in [0.25, 0.3) is 0 Å². The van der Waals surface area contributed by atoms with Gasteiger partial charge in [-0.1, -0.05) is 27.7 Å². The third kappa shape index (κ3) is 8.70. The molecule has 0 spiro atoms. The largest absolute Gasteiger partial charge is 0.151 e. The van der Waals surface area contributed by atoms with Crippen LogP contribution in [0.1, 0.15) is 27.7 Å². The fraction of sp³-hybridized carbons (Fsp3) is 1.00. The summed E-state index contributed by atoms with van der Waals surface area (Å²) < 4.78 is 0.447. The van der Waals surface area contributed by atoms with Crippen molar-refractivity contribution in [2.75, 3.05) is 10.8 Å². The molecule has 0 amide bonds. The molecule has 0 fully saturated rings. The molecule has 0 atom stereocenters. The second-order valence-electron chi connectivity index (χ2n) is 2.87. The van der Waals surface area contributed by atoms with E-state index < -0.39 is 0 Å². The zero-order chi connectivity index (χ0) is 7.33. The molecule has 0 unspecified atom stereocenters. The zero-order valence-corrected chi connectivity index (χ0v) is 8.36. The molecule has 0 aromatic rings. The molecule has 0 N–H and O–H groups in total. The minimum atomic E-state index is 0.447. The Labute approximate surface area is 67.2 Å². The maximum absolute atomic E-state index is 2.26. The van der Waals surface area contributed by atoms with Crippen molar-refractivity contribution in [3.63, 3.8) is 0 Å². The second-order valence-corrected chi connectivity index (χ2v) is 6.31. The lowest BCUT2D eigenvalue weighted by Gasteiger charge is -2.16. The molecular weight excluding hydrogens is 148 g/mol. The molecule has 2 heteroatoms. The molecule has 0 nitrogen and oxygen atoms in total. The first-order valence-corrected chi connectivity index (χ1v) is 5.42. The lowest BCUT2D eigenvalue weighted by molar-refractivity contribution is 0.806. The van der Waals surface area contributed by atoms with Crippen LogP contribution < -0.4 is 0 Å². The van der Waals surface area contributed by atoms with Crippen molar-refractivity contribution in [3.8, 4) is 0 Å². The lowest BCUT2D eigenvalue weighted by Crippen LogP contribution is -2.07. The predicted octanol–water partition coefficient (Wildman–Crippen LogP) is 3.23. The fourth-order valence-electron chi connectivity index (χ4n) is 0.302. The number of thioether (sulfide) groups is 2. The summed E-state index contributed by atoms with van der Waals surface area (Å²) in [5.41, 5.74) is 0. The summed E-state index contributed by atoms with van der Waals surface area (Å²) in [6.07, 6.45) is 0. The van der Waals surface area contributed by atoms with Crippen molar-refractivity contribution < 1.29 is 0 Å². The molecule has 56 valence electrons. The third-order valence-electron chi connectivity index (χ3n) is 0.779. The van der Waals surface area contributed by atoms with E-state index in [4.69, 9.17) is 0 Å². The molecule has 0 aliphatic rings. The normalized spacial score (nSPS) is 12.0. The minimum absolute atomic E-state index is 0.447. The standard InChI is InChI=1S/C7H16S2/c1-5-8-6-9-7(2,3)4/h5-6H2,1-4H3. The molecule has 0 heterocycles. The number of rotatable bonds is 3. The summed E-state index contributed by atoms with van der Waals surface area (Å²) in [6.45, 7) is 8.98. The van der Waals surface area contributed by atoms with Crippen molar-refractivity contribution in [3.05, 3.63) is 0 Å². The van der Waals surface area contributed by atoms with E-state index in [9.17, 15) is 0 Å². The molecule has 9 heavy (non-hydrogen) atoms. The van der Waals surface area contributed by atoms with Gasteiger partial charge in [-0.3, -0.25) is 0 Å². The van der Waals surface area contributed by atoms with Gasteiger partial charge in [-0.2, -0.15) is 11.8 Å². The van der Waals surface area contributed by atoms with Crippen LogP contribution in [0.5, 0.6) is 0 Å². The van der Waals surface area contributed by atoms with Crippen LogP contribution >= 0.6 is 23.5 Å². The van der Waals surface area contributed by atoms with Gasteiger partial charge in [0.15, 0.2) is 0 Å². The Balaban J connectivity index is 3.07. The van der Waals surface area contributed by atoms with Crippen LogP contribution in [-0.4, -0.2) is 15.6 Å². The van der Waals surface area contributed by atoms with Gasteiger partial charge in [-0.05, 0) is 5.75 Å². The highest BCUT2D eigenvalue weighted by Gasteiger charge is 2.08. The molecule has 0 aliphatic heterocycles. The smallest absolute Gasteiger partial charge is 0.0397 e. The van der Waals surface area contributed by atoms with Crippen LogP contribution in [0.15, 0.2) is 0 Å². The molecular formula is C7H16S2. The van der Waals surface area contributed by atoms with Gasteiger partial charge in [0.1, 0.15) is 0 Å². The first-order chi connectivity index (χ1) is 4.06. The Morgan fingerprint density at radius 3 is 2.11 bits per heavy atom. The van der Waals surface area contributed by atoms with Crippen LogP contribution in [-0.2, 0) is 0 Å². The van der Waals surface area contributed by atoms with E-state index >= 15 is 0 Å². The number of hydrogen-bond donors (Lipinski definition) is 0. The summed E-state index contributed by atoms with van der Waals surface area (Å²) >= 11 is 4.02. The van der Waals surface area contributed by atoms with Gasteiger partial charge in [-0.15, -0.1) is 11.8 Å². The van der Waals surface area contributed by atoms with Gasteiger partial charge in [0.2, 0.25) is 0 Å². The molecule has 0 bridgehead atoms. The van der Waals surface area contributed by atoms with E-state index in [1.54, 1.807) is 0 Å². The van der Waals surface area contributed by atoms with Gasteiger partial charge in [-0.25, -0.2) is 0 Å². The predicted molar refractivity (Wildman–Crippen MR) is 50.3 cm³/mol. The summed E-state index contributed by atoms with van der Waals surface area (Å²) in [5.74, 6) is 1.24. The third-order valence-corrected chi connectivity index (χ3v) is 3.19. The average Bonchev–Trinajstić information content (AvgIpc) is 1.63. The zero-order valence-electron chi connectivity index (χ0n) is 6.73. The van der Waals surface area contributed by atoms with Crippen LogP contribution in [0.4, 0.5) is 0 Å². The van der Waals surface area contributed by atoms with Crippen molar-refractivity contribution in [1.82, 2.24) is 0 Å². The monoisotopic (exact) mass is 164 g/mol. The van der Waals surface area contributed by atoms with Crippen LogP contribution in [0.2, 0.25) is 0 Å². The molecule has 0 radical (unpaired) electrons. The van der Waals surface area contributed by atoms with Gasteiger partial charge < -0.3 is 0 Å². The van der Waals surface area contributed by atoms with Gasteiger partial charge in [0.25, 0.3) is 0 Å². The minimum Gasteiger partial charge on any atom is -0.151 e. The highest BCUT2D eigenvalue weighted by atomic mass is 32.2. The first kappa shape index (κ1) is 9.70. The summed E-state index contributed by atoms with van der Waals surface area (Å²) in [6, 6.07) is 0. The second kappa shape index (κ2) is 4.51. The summed E-state index contributed by atoms with van der Waals surface area (Å²) in [5, 5.41) is 1.24. The van der Waals surface area contributed by atoms with E-state index in [0.29, 0.717) is 4.75 Å². The van der Waals surface area contributed by atoms with E-state index in [1.807, 2.05) is 23.5 Å². The van der Waals surface area contributed by atoms with E-state index in [1.165, 1.54) is 10.8 Å². The lowest BCUT2D eigenvalue weighted by atomic mass is 10.3. The van der Waals surface area contributed by atoms with Crippen molar-refractivity contribution in [1.29, 1.82) is 0 Å². The Bertz CT molecular complexity index is 63.8. The molecule has 0 aliphatic carbocycles. The Morgan fingerprint density at radius 2 is 1.78 bits per heavy atom. The van der Waals surface area contributed by atoms with E-state index in [2.05, 4.69) is 27.7 Å². The Hall–Kier alpha value is 0.700. The van der Waals surface area contributed by atoms with Crippen LogP contribution in [0, 0.1) is 0 Å². The molecule has 0 rings (SSSR count). The van der Waals surface area contributed by atoms with Crippen LogP contribution in [0.3, 0.4) is 0 Å². The average molecular weight is 164 g/mol. The van der Waals surface area contributed by atoms with Crippen molar-refractivity contribution >= 4 is 23.5 Å². The molecule has 0 aromatic carbocycles. The molecule has 0 saturated carbocycles. The Morgan fingerprint density at radius 1 is 1.22 bits per heavy atom. The SMILES string of the molecule is CCSCSC(C)(C)C.